The van der Waals surface area contributed by atoms with E-state index in [-0.39, 0.29) is 17.9 Å². The maximum atomic E-state index is 6.49. The van der Waals surface area contributed by atoms with Gasteiger partial charge in [-0.15, -0.1) is 23.7 Å². The first kappa shape index (κ1) is 15.5. The third-order valence-electron chi connectivity index (χ3n) is 4.09. The minimum atomic E-state index is -0.166. The van der Waals surface area contributed by atoms with Gasteiger partial charge >= 0.3 is 0 Å². The number of hydrogen-bond acceptors (Lipinski definition) is 3. The van der Waals surface area contributed by atoms with Crippen LogP contribution in [-0.4, -0.2) is 4.98 Å². The van der Waals surface area contributed by atoms with E-state index in [9.17, 15) is 0 Å². The van der Waals surface area contributed by atoms with Gasteiger partial charge in [0.25, 0.3) is 0 Å². The van der Waals surface area contributed by atoms with Crippen LogP contribution in [0.15, 0.2) is 23.6 Å². The third-order valence-corrected chi connectivity index (χ3v) is 5.16. The van der Waals surface area contributed by atoms with Gasteiger partial charge in [0.15, 0.2) is 0 Å². The van der Waals surface area contributed by atoms with E-state index >= 15 is 0 Å². The van der Waals surface area contributed by atoms with Crippen LogP contribution in [0.1, 0.15) is 41.8 Å². The molecule has 0 bridgehead atoms. The smallest absolute Gasteiger partial charge is 0.113 e. The molecule has 2 aromatic rings. The highest BCUT2D eigenvalue weighted by Gasteiger charge is 2.34. The lowest BCUT2D eigenvalue weighted by atomic mass is 10.00. The third kappa shape index (κ3) is 2.76. The Labute approximate surface area is 130 Å². The monoisotopic (exact) mass is 308 g/mol. The molecular formula is C16H21ClN2S. The van der Waals surface area contributed by atoms with Gasteiger partial charge in [-0.1, -0.05) is 30.5 Å². The van der Waals surface area contributed by atoms with E-state index in [1.807, 2.05) is 0 Å². The molecule has 0 unspecified atom stereocenters. The second kappa shape index (κ2) is 5.84. The normalized spacial score (nSPS) is 16.9. The topological polar surface area (TPSA) is 38.9 Å². The Hall–Kier alpha value is -0.900. The van der Waals surface area contributed by atoms with Crippen molar-refractivity contribution in [2.24, 2.45) is 5.73 Å². The molecular weight excluding hydrogens is 288 g/mol. The van der Waals surface area contributed by atoms with Gasteiger partial charge in [0.1, 0.15) is 5.01 Å². The number of rotatable bonds is 2. The van der Waals surface area contributed by atoms with Gasteiger partial charge in [-0.05, 0) is 38.3 Å². The lowest BCUT2D eigenvalue weighted by molar-refractivity contribution is 0.459. The van der Waals surface area contributed by atoms with Crippen LogP contribution in [0.4, 0.5) is 0 Å². The summed E-state index contributed by atoms with van der Waals surface area (Å²) in [6.45, 7) is 4.26. The van der Waals surface area contributed by atoms with Crippen LogP contribution in [-0.2, 0) is 5.54 Å². The summed E-state index contributed by atoms with van der Waals surface area (Å²) in [5, 5.41) is 3.27. The van der Waals surface area contributed by atoms with Crippen molar-refractivity contribution in [1.82, 2.24) is 4.98 Å². The lowest BCUT2D eigenvalue weighted by Crippen LogP contribution is -2.32. The Morgan fingerprint density at radius 1 is 1.20 bits per heavy atom. The van der Waals surface area contributed by atoms with Crippen molar-refractivity contribution in [2.45, 2.75) is 45.1 Å². The summed E-state index contributed by atoms with van der Waals surface area (Å²) in [7, 11) is 0. The van der Waals surface area contributed by atoms with Gasteiger partial charge in [0.05, 0.1) is 11.2 Å². The van der Waals surface area contributed by atoms with Gasteiger partial charge in [-0.3, -0.25) is 0 Å². The molecule has 2 N–H and O–H groups in total. The Kier molecular flexibility index (Phi) is 4.52. The molecule has 3 rings (SSSR count). The summed E-state index contributed by atoms with van der Waals surface area (Å²) in [6.07, 6.45) is 4.61. The van der Waals surface area contributed by atoms with E-state index in [4.69, 9.17) is 10.7 Å². The number of aromatic nitrogens is 1. The predicted octanol–water partition coefficient (Wildman–Crippen LogP) is 4.58. The van der Waals surface area contributed by atoms with Crippen molar-refractivity contribution in [3.63, 3.8) is 0 Å². The van der Waals surface area contributed by atoms with Crippen molar-refractivity contribution in [3.8, 4) is 11.3 Å². The highest BCUT2D eigenvalue weighted by atomic mass is 35.5. The van der Waals surface area contributed by atoms with Crippen LogP contribution in [0, 0.1) is 13.8 Å². The minimum absolute atomic E-state index is 0. The summed E-state index contributed by atoms with van der Waals surface area (Å²) < 4.78 is 0. The van der Waals surface area contributed by atoms with E-state index in [0.717, 1.165) is 23.5 Å². The van der Waals surface area contributed by atoms with Crippen molar-refractivity contribution in [1.29, 1.82) is 0 Å². The average Bonchev–Trinajstić information content (AvgIpc) is 3.02. The zero-order chi connectivity index (χ0) is 13.5. The zero-order valence-electron chi connectivity index (χ0n) is 12.0. The molecule has 1 fully saturated rings. The van der Waals surface area contributed by atoms with E-state index < -0.39 is 0 Å². The molecule has 20 heavy (non-hydrogen) atoms. The molecule has 0 saturated heterocycles. The molecule has 1 heterocycles. The Balaban J connectivity index is 0.00000147. The van der Waals surface area contributed by atoms with Crippen LogP contribution in [0.2, 0.25) is 0 Å². The number of nitrogens with zero attached hydrogens (tertiary/aromatic N) is 1. The molecule has 0 atom stereocenters. The maximum Gasteiger partial charge on any atom is 0.113 e. The summed E-state index contributed by atoms with van der Waals surface area (Å²) >= 11 is 1.72. The first-order valence-corrected chi connectivity index (χ1v) is 7.79. The fourth-order valence-electron chi connectivity index (χ4n) is 2.86. The molecule has 108 valence electrons. The Morgan fingerprint density at radius 3 is 2.60 bits per heavy atom. The van der Waals surface area contributed by atoms with Crippen LogP contribution in [0.3, 0.4) is 0 Å². The van der Waals surface area contributed by atoms with E-state index in [0.29, 0.717) is 0 Å². The Bertz CT molecular complexity index is 600. The second-order valence-corrected chi connectivity index (χ2v) is 6.58. The van der Waals surface area contributed by atoms with Gasteiger partial charge in [-0.2, -0.15) is 0 Å². The SMILES string of the molecule is Cc1ccc(C)c(-c2csc(C3(N)CCCC3)n2)c1.Cl. The summed E-state index contributed by atoms with van der Waals surface area (Å²) in [6, 6.07) is 6.52. The zero-order valence-corrected chi connectivity index (χ0v) is 13.6. The molecule has 4 heteroatoms. The molecule has 0 aliphatic heterocycles. The van der Waals surface area contributed by atoms with Crippen LogP contribution in [0.25, 0.3) is 11.3 Å². The molecule has 1 aromatic carbocycles. The van der Waals surface area contributed by atoms with Crippen LogP contribution < -0.4 is 5.73 Å². The number of halogens is 1. The van der Waals surface area contributed by atoms with Gasteiger partial charge < -0.3 is 5.73 Å². The van der Waals surface area contributed by atoms with E-state index in [1.165, 1.54) is 29.5 Å². The molecule has 0 radical (unpaired) electrons. The van der Waals surface area contributed by atoms with Crippen LogP contribution >= 0.6 is 23.7 Å². The number of nitrogens with two attached hydrogens (primary N) is 1. The lowest BCUT2D eigenvalue weighted by Gasteiger charge is -2.19. The molecule has 1 aromatic heterocycles. The predicted molar refractivity (Wildman–Crippen MR) is 88.6 cm³/mol. The average molecular weight is 309 g/mol. The second-order valence-electron chi connectivity index (χ2n) is 5.72. The van der Waals surface area contributed by atoms with Gasteiger partial charge in [-0.25, -0.2) is 4.98 Å². The molecule has 1 aliphatic carbocycles. The first-order chi connectivity index (χ1) is 9.08. The Morgan fingerprint density at radius 2 is 1.90 bits per heavy atom. The fourth-order valence-corrected chi connectivity index (χ4v) is 3.85. The van der Waals surface area contributed by atoms with Crippen LogP contribution in [0.5, 0.6) is 0 Å². The summed E-state index contributed by atoms with van der Waals surface area (Å²) in [4.78, 5) is 4.83. The van der Waals surface area contributed by atoms with Gasteiger partial charge in [0, 0.05) is 10.9 Å². The summed E-state index contributed by atoms with van der Waals surface area (Å²) in [5.74, 6) is 0. The molecule has 0 spiro atoms. The highest BCUT2D eigenvalue weighted by Crippen LogP contribution is 2.39. The molecule has 2 nitrogen and oxygen atoms in total. The van der Waals surface area contributed by atoms with Crippen molar-refractivity contribution < 1.29 is 0 Å². The number of aryl methyl sites for hydroxylation is 2. The number of hydrogen-bond donors (Lipinski definition) is 1. The number of benzene rings is 1. The van der Waals surface area contributed by atoms with E-state index in [1.54, 1.807) is 11.3 Å². The molecule has 0 amide bonds. The van der Waals surface area contributed by atoms with E-state index in [2.05, 4.69) is 37.4 Å². The van der Waals surface area contributed by atoms with Crippen molar-refractivity contribution >= 4 is 23.7 Å². The molecule has 1 aliphatic rings. The quantitative estimate of drug-likeness (QED) is 0.882. The van der Waals surface area contributed by atoms with Gasteiger partial charge in [0.2, 0.25) is 0 Å². The van der Waals surface area contributed by atoms with Crippen molar-refractivity contribution in [3.05, 3.63) is 39.7 Å². The number of thiazole rings is 1. The largest absolute Gasteiger partial charge is 0.319 e. The van der Waals surface area contributed by atoms with Crippen molar-refractivity contribution in [2.75, 3.05) is 0 Å². The minimum Gasteiger partial charge on any atom is -0.319 e. The highest BCUT2D eigenvalue weighted by molar-refractivity contribution is 7.10. The fraction of sp³-hybridized carbons (Fsp3) is 0.438. The maximum absolute atomic E-state index is 6.49. The standard InChI is InChI=1S/C16H20N2S.ClH/c1-11-5-6-12(2)13(9-11)14-10-19-15(18-14)16(17)7-3-4-8-16;/h5-6,9-10H,3-4,7-8,17H2,1-2H3;1H. The molecule has 1 saturated carbocycles. The summed E-state index contributed by atoms with van der Waals surface area (Å²) in [5.41, 5.74) is 11.2. The first-order valence-electron chi connectivity index (χ1n) is 6.91.